The fourth-order valence-corrected chi connectivity index (χ4v) is 2.17. The van der Waals surface area contributed by atoms with Crippen LogP contribution in [0.5, 0.6) is 5.75 Å². The van der Waals surface area contributed by atoms with Crippen LogP contribution in [0.25, 0.3) is 11.0 Å². The smallest absolute Gasteiger partial charge is 0.121 e. The summed E-state index contributed by atoms with van der Waals surface area (Å²) < 4.78 is 7.54. The molecule has 1 aromatic heterocycles. The number of thiol groups is 1. The molecule has 0 saturated heterocycles. The molecule has 1 aromatic carbocycles. The number of terminal acetylenes is 1. The Morgan fingerprint density at radius 2 is 2.33 bits per heavy atom. The molecule has 0 saturated carbocycles. The van der Waals surface area contributed by atoms with Gasteiger partial charge in [-0.25, -0.2) is 4.98 Å². The number of hydrogen-bond donors (Lipinski definition) is 1. The quantitative estimate of drug-likeness (QED) is 0.660. The van der Waals surface area contributed by atoms with Gasteiger partial charge in [0.2, 0.25) is 0 Å². The van der Waals surface area contributed by atoms with Crippen molar-refractivity contribution >= 4 is 23.7 Å². The van der Waals surface area contributed by atoms with Gasteiger partial charge in [0.05, 0.1) is 24.2 Å². The van der Waals surface area contributed by atoms with Crippen LogP contribution in [0.2, 0.25) is 0 Å². The van der Waals surface area contributed by atoms with E-state index in [1.54, 1.807) is 0 Å². The molecular weight excluding hydrogens is 244 g/mol. The fraction of sp³-hybridized carbons (Fsp3) is 0.357. The van der Waals surface area contributed by atoms with Crippen molar-refractivity contribution in [3.05, 3.63) is 24.0 Å². The number of ether oxygens (including phenoxy) is 1. The van der Waals surface area contributed by atoms with Gasteiger partial charge < -0.3 is 9.30 Å². The molecule has 2 aromatic rings. The normalized spacial score (nSPS) is 10.5. The van der Waals surface area contributed by atoms with Crippen LogP contribution in [-0.4, -0.2) is 21.9 Å². The van der Waals surface area contributed by atoms with Gasteiger partial charge in [-0.15, -0.1) is 6.42 Å². The van der Waals surface area contributed by atoms with E-state index in [9.17, 15) is 0 Å². The summed E-state index contributed by atoms with van der Waals surface area (Å²) in [4.78, 5) is 4.60. The lowest BCUT2D eigenvalue weighted by molar-refractivity contribution is 0.340. The molecule has 0 fully saturated rings. The number of aromatic nitrogens is 2. The van der Waals surface area contributed by atoms with Crippen molar-refractivity contribution in [1.29, 1.82) is 0 Å². The number of rotatable bonds is 5. The highest BCUT2D eigenvalue weighted by Crippen LogP contribution is 2.22. The van der Waals surface area contributed by atoms with Gasteiger partial charge >= 0.3 is 0 Å². The van der Waals surface area contributed by atoms with Gasteiger partial charge in [-0.3, -0.25) is 0 Å². The van der Waals surface area contributed by atoms with E-state index in [2.05, 4.69) is 28.1 Å². The third kappa shape index (κ3) is 2.46. The number of aryl methyl sites for hydroxylation is 1. The summed E-state index contributed by atoms with van der Waals surface area (Å²) in [5.41, 5.74) is 1.97. The lowest BCUT2D eigenvalue weighted by Crippen LogP contribution is -2.03. The van der Waals surface area contributed by atoms with Gasteiger partial charge in [0.25, 0.3) is 0 Å². The van der Waals surface area contributed by atoms with Crippen LogP contribution in [0, 0.1) is 12.3 Å². The standard InChI is InChI=1S/C14H16N2OS/c1-3-8-16-13-6-5-11(17-4-2)10-12(13)15-14(16)7-9-18/h1,5-6,10,18H,4,7-9H2,2H3. The topological polar surface area (TPSA) is 27.1 Å². The van der Waals surface area contributed by atoms with Gasteiger partial charge in [0.1, 0.15) is 11.6 Å². The molecule has 0 aliphatic carbocycles. The van der Waals surface area contributed by atoms with E-state index in [4.69, 9.17) is 11.2 Å². The molecule has 0 atom stereocenters. The van der Waals surface area contributed by atoms with Gasteiger partial charge in [-0.1, -0.05) is 5.92 Å². The van der Waals surface area contributed by atoms with Crippen molar-refractivity contribution in [1.82, 2.24) is 9.55 Å². The summed E-state index contributed by atoms with van der Waals surface area (Å²) in [6.45, 7) is 3.15. The average molecular weight is 260 g/mol. The number of imidazole rings is 1. The Morgan fingerprint density at radius 1 is 1.50 bits per heavy atom. The van der Waals surface area contributed by atoms with Crippen LogP contribution in [0.4, 0.5) is 0 Å². The van der Waals surface area contributed by atoms with Crippen LogP contribution in [0.15, 0.2) is 18.2 Å². The number of nitrogens with zero attached hydrogens (tertiary/aromatic N) is 2. The Labute approximate surface area is 113 Å². The van der Waals surface area contributed by atoms with Gasteiger partial charge in [0.15, 0.2) is 0 Å². The summed E-state index contributed by atoms with van der Waals surface area (Å²) in [6.07, 6.45) is 6.22. The number of benzene rings is 1. The molecule has 0 bridgehead atoms. The molecule has 0 amide bonds. The minimum atomic E-state index is 0.535. The van der Waals surface area contributed by atoms with Crippen molar-refractivity contribution in [3.8, 4) is 18.1 Å². The maximum atomic E-state index is 5.48. The Bertz CT molecular complexity index is 583. The van der Waals surface area contributed by atoms with Crippen LogP contribution in [-0.2, 0) is 13.0 Å². The minimum absolute atomic E-state index is 0.535. The molecule has 3 nitrogen and oxygen atoms in total. The maximum absolute atomic E-state index is 5.48. The first kappa shape index (κ1) is 12.8. The maximum Gasteiger partial charge on any atom is 0.121 e. The highest BCUT2D eigenvalue weighted by Gasteiger charge is 2.10. The van der Waals surface area contributed by atoms with Crippen molar-refractivity contribution in [3.63, 3.8) is 0 Å². The second kappa shape index (κ2) is 5.83. The largest absolute Gasteiger partial charge is 0.494 e. The predicted molar refractivity (Wildman–Crippen MR) is 77.3 cm³/mol. The Kier molecular flexibility index (Phi) is 4.16. The molecule has 2 rings (SSSR count). The van der Waals surface area contributed by atoms with Crippen molar-refractivity contribution in [2.24, 2.45) is 0 Å². The van der Waals surface area contributed by atoms with Gasteiger partial charge in [0, 0.05) is 12.5 Å². The van der Waals surface area contributed by atoms with E-state index >= 15 is 0 Å². The van der Waals surface area contributed by atoms with Crippen molar-refractivity contribution in [2.75, 3.05) is 12.4 Å². The number of fused-ring (bicyclic) bond motifs is 1. The first-order valence-electron chi connectivity index (χ1n) is 5.96. The van der Waals surface area contributed by atoms with Crippen LogP contribution in [0.1, 0.15) is 12.7 Å². The second-order valence-electron chi connectivity index (χ2n) is 3.88. The van der Waals surface area contributed by atoms with Crippen LogP contribution < -0.4 is 4.74 Å². The monoisotopic (exact) mass is 260 g/mol. The molecule has 0 N–H and O–H groups in total. The summed E-state index contributed by atoms with van der Waals surface area (Å²) in [5, 5.41) is 0. The van der Waals surface area contributed by atoms with E-state index in [0.717, 1.165) is 34.8 Å². The van der Waals surface area contributed by atoms with E-state index in [-0.39, 0.29) is 0 Å². The Morgan fingerprint density at radius 3 is 3.00 bits per heavy atom. The fourth-order valence-electron chi connectivity index (χ4n) is 1.97. The predicted octanol–water partition coefficient (Wildman–Crippen LogP) is 2.54. The number of hydrogen-bond acceptors (Lipinski definition) is 3. The highest BCUT2D eigenvalue weighted by atomic mass is 32.1. The van der Waals surface area contributed by atoms with Crippen LogP contribution >= 0.6 is 12.6 Å². The van der Waals surface area contributed by atoms with E-state index in [0.29, 0.717) is 13.2 Å². The molecule has 0 spiro atoms. The Hall–Kier alpha value is -1.60. The molecule has 94 valence electrons. The zero-order chi connectivity index (χ0) is 13.0. The zero-order valence-corrected chi connectivity index (χ0v) is 11.3. The van der Waals surface area contributed by atoms with E-state index in [1.807, 2.05) is 25.1 Å². The molecule has 0 aliphatic heterocycles. The first-order chi connectivity index (χ1) is 8.80. The summed E-state index contributed by atoms with van der Waals surface area (Å²) in [6, 6.07) is 5.91. The molecule has 18 heavy (non-hydrogen) atoms. The molecule has 1 heterocycles. The average Bonchev–Trinajstić information content (AvgIpc) is 2.68. The molecule has 4 heteroatoms. The van der Waals surface area contributed by atoms with Gasteiger partial charge in [-0.05, 0) is 24.8 Å². The highest BCUT2D eigenvalue weighted by molar-refractivity contribution is 7.80. The summed E-state index contributed by atoms with van der Waals surface area (Å²) >= 11 is 4.25. The third-order valence-corrected chi connectivity index (χ3v) is 2.92. The van der Waals surface area contributed by atoms with Crippen LogP contribution in [0.3, 0.4) is 0 Å². The van der Waals surface area contributed by atoms with Gasteiger partial charge in [-0.2, -0.15) is 12.6 Å². The lowest BCUT2D eigenvalue weighted by Gasteiger charge is -2.05. The van der Waals surface area contributed by atoms with Crippen molar-refractivity contribution in [2.45, 2.75) is 19.9 Å². The second-order valence-corrected chi connectivity index (χ2v) is 4.32. The lowest BCUT2D eigenvalue weighted by atomic mass is 10.3. The SMILES string of the molecule is C#CCn1c(CCS)nc2cc(OCC)ccc21. The molecule has 0 unspecified atom stereocenters. The third-order valence-electron chi connectivity index (χ3n) is 2.69. The van der Waals surface area contributed by atoms with Crippen molar-refractivity contribution < 1.29 is 4.74 Å². The summed E-state index contributed by atoms with van der Waals surface area (Å²) in [5.74, 6) is 5.24. The molecule has 0 aliphatic rings. The zero-order valence-electron chi connectivity index (χ0n) is 10.4. The summed E-state index contributed by atoms with van der Waals surface area (Å²) in [7, 11) is 0. The molecule has 0 radical (unpaired) electrons. The van der Waals surface area contributed by atoms with E-state index in [1.165, 1.54) is 0 Å². The first-order valence-corrected chi connectivity index (χ1v) is 6.59. The Balaban J connectivity index is 2.50. The van der Waals surface area contributed by atoms with E-state index < -0.39 is 0 Å². The molecular formula is C14H16N2OS. The minimum Gasteiger partial charge on any atom is -0.494 e.